The van der Waals surface area contributed by atoms with Crippen molar-refractivity contribution in [2.24, 2.45) is 0 Å². The molecule has 0 unspecified atom stereocenters. The molecule has 0 bridgehead atoms. The van der Waals surface area contributed by atoms with Gasteiger partial charge in [0.1, 0.15) is 5.52 Å². The fourth-order valence-electron chi connectivity index (χ4n) is 1.56. The van der Waals surface area contributed by atoms with E-state index in [0.717, 1.165) is 16.0 Å². The van der Waals surface area contributed by atoms with Gasteiger partial charge in [0.25, 0.3) is 5.22 Å². The van der Waals surface area contributed by atoms with Crippen molar-refractivity contribution in [1.29, 1.82) is 0 Å². The third-order valence-electron chi connectivity index (χ3n) is 2.34. The highest BCUT2D eigenvalue weighted by atomic mass is 32.2. The minimum Gasteiger partial charge on any atom is -0.431 e. The van der Waals surface area contributed by atoms with E-state index in [-0.39, 0.29) is 0 Å². The molecule has 0 aliphatic carbocycles. The first kappa shape index (κ1) is 10.2. The quantitative estimate of drug-likeness (QED) is 0.698. The summed E-state index contributed by atoms with van der Waals surface area (Å²) in [5.41, 5.74) is 7.95. The summed E-state index contributed by atoms with van der Waals surface area (Å²) in [5.74, 6) is 0. The van der Waals surface area contributed by atoms with Gasteiger partial charge in [0, 0.05) is 10.6 Å². The molecule has 4 heteroatoms. The second-order valence-electron chi connectivity index (χ2n) is 3.62. The molecule has 0 radical (unpaired) electrons. The summed E-state index contributed by atoms with van der Waals surface area (Å²) in [6.45, 7) is 0. The average Bonchev–Trinajstić information content (AvgIpc) is 2.71. The number of nitrogen functional groups attached to an aromatic ring is 1. The molecule has 84 valence electrons. The smallest absolute Gasteiger partial charge is 0.261 e. The molecule has 3 rings (SSSR count). The number of anilines is 1. The lowest BCUT2D eigenvalue weighted by Gasteiger charge is -1.93. The SMILES string of the molecule is Nc1ccc2oc(Sc3ccccc3)nc2c1. The third kappa shape index (κ3) is 2.12. The van der Waals surface area contributed by atoms with Crippen LogP contribution in [0.25, 0.3) is 11.1 Å². The molecule has 0 aliphatic rings. The summed E-state index contributed by atoms with van der Waals surface area (Å²) >= 11 is 1.50. The zero-order chi connectivity index (χ0) is 11.7. The van der Waals surface area contributed by atoms with Crippen LogP contribution >= 0.6 is 11.8 Å². The van der Waals surface area contributed by atoms with Crippen LogP contribution in [0.15, 0.2) is 63.1 Å². The van der Waals surface area contributed by atoms with Crippen molar-refractivity contribution >= 4 is 28.5 Å². The summed E-state index contributed by atoms with van der Waals surface area (Å²) < 4.78 is 5.62. The predicted molar refractivity (Wildman–Crippen MR) is 69.0 cm³/mol. The van der Waals surface area contributed by atoms with Crippen molar-refractivity contribution in [3.05, 3.63) is 48.5 Å². The van der Waals surface area contributed by atoms with E-state index in [9.17, 15) is 0 Å². The first-order valence-electron chi connectivity index (χ1n) is 5.20. The molecule has 3 nitrogen and oxygen atoms in total. The van der Waals surface area contributed by atoms with Crippen LogP contribution < -0.4 is 5.73 Å². The molecule has 0 fully saturated rings. The number of oxazole rings is 1. The zero-order valence-corrected chi connectivity index (χ0v) is 9.78. The fraction of sp³-hybridized carbons (Fsp3) is 0. The summed E-state index contributed by atoms with van der Waals surface area (Å²) in [4.78, 5) is 5.49. The van der Waals surface area contributed by atoms with Crippen LogP contribution in [0, 0.1) is 0 Å². The van der Waals surface area contributed by atoms with Crippen molar-refractivity contribution in [3.63, 3.8) is 0 Å². The first-order valence-corrected chi connectivity index (χ1v) is 6.02. The number of nitrogens with zero attached hydrogens (tertiary/aromatic N) is 1. The van der Waals surface area contributed by atoms with Crippen LogP contribution in [-0.4, -0.2) is 4.98 Å². The molecule has 1 heterocycles. The lowest BCUT2D eigenvalue weighted by Crippen LogP contribution is -1.82. The van der Waals surface area contributed by atoms with Gasteiger partial charge < -0.3 is 10.2 Å². The van der Waals surface area contributed by atoms with Crippen LogP contribution in [0.2, 0.25) is 0 Å². The number of benzene rings is 2. The van der Waals surface area contributed by atoms with Crippen molar-refractivity contribution in [1.82, 2.24) is 4.98 Å². The second-order valence-corrected chi connectivity index (χ2v) is 4.65. The van der Waals surface area contributed by atoms with E-state index < -0.39 is 0 Å². The summed E-state index contributed by atoms with van der Waals surface area (Å²) in [5, 5.41) is 0.636. The Morgan fingerprint density at radius 3 is 2.71 bits per heavy atom. The van der Waals surface area contributed by atoms with Crippen LogP contribution in [0.5, 0.6) is 0 Å². The molecule has 0 saturated heterocycles. The van der Waals surface area contributed by atoms with Gasteiger partial charge in [0.2, 0.25) is 0 Å². The van der Waals surface area contributed by atoms with E-state index in [4.69, 9.17) is 10.2 Å². The zero-order valence-electron chi connectivity index (χ0n) is 8.96. The highest BCUT2D eigenvalue weighted by Crippen LogP contribution is 2.30. The van der Waals surface area contributed by atoms with Gasteiger partial charge in [-0.1, -0.05) is 18.2 Å². The molecule has 0 amide bonds. The molecule has 0 atom stereocenters. The molecular weight excluding hydrogens is 232 g/mol. The number of nitrogens with two attached hydrogens (primary N) is 1. The Morgan fingerprint density at radius 1 is 1.06 bits per heavy atom. The van der Waals surface area contributed by atoms with Gasteiger partial charge in [0.15, 0.2) is 5.58 Å². The molecule has 0 spiro atoms. The van der Waals surface area contributed by atoms with Crippen molar-refractivity contribution in [2.75, 3.05) is 5.73 Å². The number of aromatic nitrogens is 1. The van der Waals surface area contributed by atoms with Gasteiger partial charge in [-0.15, -0.1) is 0 Å². The first-order chi connectivity index (χ1) is 8.31. The Hall–Kier alpha value is -1.94. The minimum absolute atomic E-state index is 0.636. The molecule has 17 heavy (non-hydrogen) atoms. The topological polar surface area (TPSA) is 52.0 Å². The molecule has 2 N–H and O–H groups in total. The molecule has 0 saturated carbocycles. The summed E-state index contributed by atoms with van der Waals surface area (Å²) in [6.07, 6.45) is 0. The minimum atomic E-state index is 0.636. The fourth-order valence-corrected chi connectivity index (χ4v) is 2.33. The van der Waals surface area contributed by atoms with Crippen molar-refractivity contribution in [3.8, 4) is 0 Å². The Morgan fingerprint density at radius 2 is 1.88 bits per heavy atom. The van der Waals surface area contributed by atoms with Gasteiger partial charge in [-0.2, -0.15) is 0 Å². The van der Waals surface area contributed by atoms with Crippen LogP contribution in [0.1, 0.15) is 0 Å². The molecule has 3 aromatic rings. The molecule has 2 aromatic carbocycles. The van der Waals surface area contributed by atoms with Crippen LogP contribution in [0.4, 0.5) is 5.69 Å². The number of hydrogen-bond donors (Lipinski definition) is 1. The third-order valence-corrected chi connectivity index (χ3v) is 3.20. The predicted octanol–water partition coefficient (Wildman–Crippen LogP) is 3.56. The maximum absolute atomic E-state index is 5.70. The van der Waals surface area contributed by atoms with Crippen molar-refractivity contribution < 1.29 is 4.42 Å². The van der Waals surface area contributed by atoms with Gasteiger partial charge in [-0.3, -0.25) is 0 Å². The van der Waals surface area contributed by atoms with Gasteiger partial charge in [0.05, 0.1) is 0 Å². The Kier molecular flexibility index (Phi) is 2.49. The lowest BCUT2D eigenvalue weighted by atomic mass is 10.3. The van der Waals surface area contributed by atoms with Crippen LogP contribution in [0.3, 0.4) is 0 Å². The van der Waals surface area contributed by atoms with E-state index >= 15 is 0 Å². The maximum Gasteiger partial charge on any atom is 0.261 e. The van der Waals surface area contributed by atoms with Gasteiger partial charge >= 0.3 is 0 Å². The number of hydrogen-bond acceptors (Lipinski definition) is 4. The highest BCUT2D eigenvalue weighted by Gasteiger charge is 2.07. The van der Waals surface area contributed by atoms with Crippen molar-refractivity contribution in [2.45, 2.75) is 10.1 Å². The normalized spacial score (nSPS) is 10.8. The standard InChI is InChI=1S/C13H10N2OS/c14-9-6-7-12-11(8-9)15-13(16-12)17-10-4-2-1-3-5-10/h1-8H,14H2. The van der Waals surface area contributed by atoms with E-state index in [2.05, 4.69) is 4.98 Å². The summed E-state index contributed by atoms with van der Waals surface area (Å²) in [7, 11) is 0. The number of rotatable bonds is 2. The maximum atomic E-state index is 5.70. The Labute approximate surface area is 103 Å². The molecular formula is C13H10N2OS. The Bertz CT molecular complexity index is 649. The summed E-state index contributed by atoms with van der Waals surface area (Å²) in [6, 6.07) is 15.5. The molecule has 1 aromatic heterocycles. The largest absolute Gasteiger partial charge is 0.431 e. The second kappa shape index (κ2) is 4.14. The van der Waals surface area contributed by atoms with Crippen LogP contribution in [-0.2, 0) is 0 Å². The van der Waals surface area contributed by atoms with Gasteiger partial charge in [-0.05, 0) is 42.1 Å². The molecule has 0 aliphatic heterocycles. The van der Waals surface area contributed by atoms with E-state index in [1.165, 1.54) is 11.8 Å². The van der Waals surface area contributed by atoms with Gasteiger partial charge in [-0.25, -0.2) is 4.98 Å². The van der Waals surface area contributed by atoms with E-state index in [0.29, 0.717) is 10.9 Å². The number of fused-ring (bicyclic) bond motifs is 1. The highest BCUT2D eigenvalue weighted by molar-refractivity contribution is 7.99. The van der Waals surface area contributed by atoms with E-state index in [1.807, 2.05) is 48.5 Å². The monoisotopic (exact) mass is 242 g/mol. The van der Waals surface area contributed by atoms with E-state index in [1.54, 1.807) is 0 Å². The Balaban J connectivity index is 1.96. The lowest BCUT2D eigenvalue weighted by molar-refractivity contribution is 0.489. The average molecular weight is 242 g/mol.